The molecular formula is C5H8N4S. The molecule has 0 aliphatic heterocycles. The lowest BCUT2D eigenvalue weighted by atomic mass is 10.6. The fourth-order valence-electron chi connectivity index (χ4n) is 0.580. The summed E-state index contributed by atoms with van der Waals surface area (Å²) in [7, 11) is 0. The first-order valence-corrected chi connectivity index (χ1v) is 4.02. The molecule has 0 aliphatic carbocycles. The van der Waals surface area contributed by atoms with Gasteiger partial charge < -0.3 is 0 Å². The van der Waals surface area contributed by atoms with Crippen molar-refractivity contribution in [3.63, 3.8) is 0 Å². The molecule has 0 atom stereocenters. The first-order chi connectivity index (χ1) is 4.88. The predicted molar refractivity (Wildman–Crippen MR) is 39.8 cm³/mol. The summed E-state index contributed by atoms with van der Waals surface area (Å²) in [6, 6.07) is 0. The van der Waals surface area contributed by atoms with Gasteiger partial charge in [0.25, 0.3) is 0 Å². The van der Waals surface area contributed by atoms with Gasteiger partial charge in [-0.2, -0.15) is 0 Å². The van der Waals surface area contributed by atoms with Crippen molar-refractivity contribution in [3.05, 3.63) is 12.7 Å². The molecule has 1 aromatic heterocycles. The second kappa shape index (κ2) is 3.36. The highest BCUT2D eigenvalue weighted by Crippen LogP contribution is 2.07. The Balaban J connectivity index is 2.79. The van der Waals surface area contributed by atoms with Gasteiger partial charge in [0, 0.05) is 0 Å². The molecular weight excluding hydrogens is 148 g/mol. The highest BCUT2D eigenvalue weighted by molar-refractivity contribution is 7.98. The van der Waals surface area contributed by atoms with Gasteiger partial charge in [0.05, 0.1) is 6.54 Å². The molecule has 1 heterocycles. The van der Waals surface area contributed by atoms with Crippen LogP contribution in [0.4, 0.5) is 0 Å². The Morgan fingerprint density at radius 3 is 3.20 bits per heavy atom. The van der Waals surface area contributed by atoms with Crippen molar-refractivity contribution in [1.29, 1.82) is 0 Å². The van der Waals surface area contributed by atoms with E-state index in [2.05, 4.69) is 22.1 Å². The van der Waals surface area contributed by atoms with Gasteiger partial charge in [0.15, 0.2) is 0 Å². The number of hydrogen-bond acceptors (Lipinski definition) is 4. The number of aromatic nitrogens is 4. The maximum Gasteiger partial charge on any atom is 0.209 e. The van der Waals surface area contributed by atoms with Crippen LogP contribution in [0.5, 0.6) is 0 Å². The molecule has 0 aliphatic rings. The molecule has 54 valence electrons. The third-order valence-corrected chi connectivity index (χ3v) is 1.64. The van der Waals surface area contributed by atoms with Crippen LogP contribution in [0.2, 0.25) is 0 Å². The monoisotopic (exact) mass is 156 g/mol. The summed E-state index contributed by atoms with van der Waals surface area (Å²) in [5.74, 6) is 0. The molecule has 0 aromatic carbocycles. The molecule has 4 nitrogen and oxygen atoms in total. The second-order valence-corrected chi connectivity index (χ2v) is 2.41. The lowest BCUT2D eigenvalue weighted by Crippen LogP contribution is -1.98. The molecule has 0 saturated carbocycles. The maximum atomic E-state index is 3.77. The minimum absolute atomic E-state index is 0.670. The zero-order chi connectivity index (χ0) is 7.40. The van der Waals surface area contributed by atoms with Crippen molar-refractivity contribution in [2.45, 2.75) is 11.7 Å². The fraction of sp³-hybridized carbons (Fsp3) is 0.400. The molecule has 5 heteroatoms. The summed E-state index contributed by atoms with van der Waals surface area (Å²) in [6.07, 6.45) is 3.70. The zero-order valence-electron chi connectivity index (χ0n) is 5.69. The molecule has 10 heavy (non-hydrogen) atoms. The van der Waals surface area contributed by atoms with E-state index in [1.54, 1.807) is 10.8 Å². The molecule has 0 unspecified atom stereocenters. The number of hydrogen-bond donors (Lipinski definition) is 0. The van der Waals surface area contributed by atoms with Crippen LogP contribution in [0.1, 0.15) is 0 Å². The van der Waals surface area contributed by atoms with Gasteiger partial charge in [-0.15, -0.1) is 11.7 Å². The molecule has 0 fully saturated rings. The summed E-state index contributed by atoms with van der Waals surface area (Å²) in [6.45, 7) is 4.26. The van der Waals surface area contributed by atoms with Crippen LogP contribution in [0, 0.1) is 0 Å². The predicted octanol–water partition coefficient (Wildman–Crippen LogP) is 0.581. The number of tetrazole rings is 1. The van der Waals surface area contributed by atoms with Crippen molar-refractivity contribution < 1.29 is 0 Å². The molecule has 1 aromatic rings. The van der Waals surface area contributed by atoms with Crippen LogP contribution in [-0.2, 0) is 6.54 Å². The van der Waals surface area contributed by atoms with Crippen LogP contribution in [0.15, 0.2) is 17.8 Å². The van der Waals surface area contributed by atoms with Gasteiger partial charge in [-0.1, -0.05) is 17.8 Å². The van der Waals surface area contributed by atoms with Crippen LogP contribution >= 0.6 is 11.8 Å². The van der Waals surface area contributed by atoms with Gasteiger partial charge >= 0.3 is 0 Å². The van der Waals surface area contributed by atoms with Crippen molar-refractivity contribution in [3.8, 4) is 0 Å². The quantitative estimate of drug-likeness (QED) is 0.474. The van der Waals surface area contributed by atoms with E-state index >= 15 is 0 Å². The number of nitrogens with zero attached hydrogens (tertiary/aromatic N) is 4. The maximum absolute atomic E-state index is 3.77. The molecule has 0 saturated heterocycles. The Kier molecular flexibility index (Phi) is 2.44. The average Bonchev–Trinajstić information content (AvgIpc) is 2.36. The Morgan fingerprint density at radius 1 is 1.80 bits per heavy atom. The Morgan fingerprint density at radius 2 is 2.60 bits per heavy atom. The summed E-state index contributed by atoms with van der Waals surface area (Å²) in [4.78, 5) is 0. The molecule has 0 spiro atoms. The summed E-state index contributed by atoms with van der Waals surface area (Å²) in [5, 5.41) is 11.8. The van der Waals surface area contributed by atoms with E-state index in [1.807, 2.05) is 6.26 Å². The van der Waals surface area contributed by atoms with Crippen molar-refractivity contribution >= 4 is 11.8 Å². The molecule has 0 radical (unpaired) electrons. The van der Waals surface area contributed by atoms with Crippen molar-refractivity contribution in [2.75, 3.05) is 6.26 Å². The van der Waals surface area contributed by atoms with Gasteiger partial charge in [0.1, 0.15) is 0 Å². The van der Waals surface area contributed by atoms with Crippen LogP contribution < -0.4 is 0 Å². The lowest BCUT2D eigenvalue weighted by molar-refractivity contribution is 0.615. The number of rotatable bonds is 3. The van der Waals surface area contributed by atoms with E-state index < -0.39 is 0 Å². The Labute approximate surface area is 63.3 Å². The highest BCUT2D eigenvalue weighted by Gasteiger charge is 1.99. The summed E-state index contributed by atoms with van der Waals surface area (Å²) < 4.78 is 1.69. The van der Waals surface area contributed by atoms with Crippen molar-refractivity contribution in [2.24, 2.45) is 0 Å². The molecule has 1 rings (SSSR count). The largest absolute Gasteiger partial charge is 0.217 e. The van der Waals surface area contributed by atoms with Gasteiger partial charge in [-0.25, -0.2) is 4.68 Å². The second-order valence-electron chi connectivity index (χ2n) is 1.64. The SMILES string of the molecule is C=CCn1nnnc1SC. The van der Waals surface area contributed by atoms with Gasteiger partial charge in [-0.05, 0) is 16.7 Å². The molecule has 0 amide bonds. The van der Waals surface area contributed by atoms with Crippen LogP contribution in [0.25, 0.3) is 0 Å². The molecule has 0 N–H and O–H groups in total. The van der Waals surface area contributed by atoms with E-state index in [9.17, 15) is 0 Å². The van der Waals surface area contributed by atoms with Crippen LogP contribution in [-0.4, -0.2) is 26.5 Å². The standard InChI is InChI=1S/C5H8N4S/c1-3-4-9-5(10-2)6-7-8-9/h3H,1,4H2,2H3. The van der Waals surface area contributed by atoms with Crippen LogP contribution in [0.3, 0.4) is 0 Å². The first-order valence-electron chi connectivity index (χ1n) is 2.79. The van der Waals surface area contributed by atoms with Crippen molar-refractivity contribution in [1.82, 2.24) is 20.2 Å². The Hall–Kier alpha value is -0.840. The van der Waals surface area contributed by atoms with E-state index in [0.717, 1.165) is 5.16 Å². The third kappa shape index (κ3) is 1.36. The Bertz CT molecular complexity index is 219. The first kappa shape index (κ1) is 7.27. The number of thioether (sulfide) groups is 1. The lowest BCUT2D eigenvalue weighted by Gasteiger charge is -1.94. The third-order valence-electron chi connectivity index (χ3n) is 0.984. The van der Waals surface area contributed by atoms with Gasteiger partial charge in [0.2, 0.25) is 5.16 Å². The smallest absolute Gasteiger partial charge is 0.209 e. The van der Waals surface area contributed by atoms with E-state index in [1.165, 1.54) is 11.8 Å². The molecule has 0 bridgehead atoms. The average molecular weight is 156 g/mol. The fourth-order valence-corrected chi connectivity index (χ4v) is 1.02. The number of allylic oxidation sites excluding steroid dienone is 1. The van der Waals surface area contributed by atoms with Gasteiger partial charge in [-0.3, -0.25) is 0 Å². The zero-order valence-corrected chi connectivity index (χ0v) is 6.51. The summed E-state index contributed by atoms with van der Waals surface area (Å²) in [5.41, 5.74) is 0. The summed E-state index contributed by atoms with van der Waals surface area (Å²) >= 11 is 1.52. The minimum Gasteiger partial charge on any atom is -0.217 e. The highest BCUT2D eigenvalue weighted by atomic mass is 32.2. The van der Waals surface area contributed by atoms with E-state index in [4.69, 9.17) is 0 Å². The van der Waals surface area contributed by atoms with E-state index in [-0.39, 0.29) is 0 Å². The normalized spacial score (nSPS) is 9.70. The van der Waals surface area contributed by atoms with E-state index in [0.29, 0.717) is 6.54 Å². The topological polar surface area (TPSA) is 43.6 Å². The minimum atomic E-state index is 0.670.